The Morgan fingerprint density at radius 1 is 1.35 bits per heavy atom. The van der Waals surface area contributed by atoms with Gasteiger partial charge in [0.15, 0.2) is 0 Å². The molecule has 17 heavy (non-hydrogen) atoms. The van der Waals surface area contributed by atoms with Crippen LogP contribution in [0.15, 0.2) is 18.2 Å². The van der Waals surface area contributed by atoms with E-state index in [2.05, 4.69) is 11.8 Å². The lowest BCUT2D eigenvalue weighted by Gasteiger charge is -2.21. The van der Waals surface area contributed by atoms with Crippen LogP contribution in [0.3, 0.4) is 0 Å². The topological polar surface area (TPSA) is 49.5 Å². The minimum absolute atomic E-state index is 0.126. The Morgan fingerprint density at radius 3 is 2.71 bits per heavy atom. The van der Waals surface area contributed by atoms with E-state index in [0.717, 1.165) is 24.9 Å². The van der Waals surface area contributed by atoms with Crippen molar-refractivity contribution in [1.29, 1.82) is 0 Å². The molecule has 1 aromatic carbocycles. The van der Waals surface area contributed by atoms with Crippen LogP contribution in [0.5, 0.6) is 0 Å². The van der Waals surface area contributed by atoms with E-state index in [9.17, 15) is 4.39 Å². The van der Waals surface area contributed by atoms with Crippen molar-refractivity contribution in [3.8, 4) is 0 Å². The van der Waals surface area contributed by atoms with E-state index < -0.39 is 0 Å². The fraction of sp³-hybridized carbons (Fsp3) is 0.538. The maximum absolute atomic E-state index is 13.3. The fourth-order valence-electron chi connectivity index (χ4n) is 1.72. The molecule has 3 N–H and O–H groups in total. The van der Waals surface area contributed by atoms with Gasteiger partial charge in [-0.05, 0) is 30.7 Å². The molecule has 0 amide bonds. The van der Waals surface area contributed by atoms with Crippen molar-refractivity contribution in [2.75, 3.05) is 25.4 Å². The molecule has 1 rings (SSSR count). The van der Waals surface area contributed by atoms with Gasteiger partial charge < -0.3 is 10.8 Å². The summed E-state index contributed by atoms with van der Waals surface area (Å²) in [5, 5.41) is 8.98. The minimum Gasteiger partial charge on any atom is -0.396 e. The lowest BCUT2D eigenvalue weighted by Crippen LogP contribution is -2.27. The quantitative estimate of drug-likeness (QED) is 0.717. The first-order valence-corrected chi connectivity index (χ1v) is 6.04. The molecule has 0 spiro atoms. The number of unbranched alkanes of at least 4 members (excludes halogenated alkanes) is 1. The Kier molecular flexibility index (Phi) is 5.94. The summed E-state index contributed by atoms with van der Waals surface area (Å²) in [5.74, 6) is -0.373. The highest BCUT2D eigenvalue weighted by Crippen LogP contribution is 2.13. The molecule has 0 aliphatic heterocycles. The zero-order chi connectivity index (χ0) is 12.7. The zero-order valence-corrected chi connectivity index (χ0v) is 10.3. The number of aliphatic hydroxyl groups is 1. The predicted octanol–water partition coefficient (Wildman–Crippen LogP) is 2.00. The third kappa shape index (κ3) is 4.71. The molecule has 0 aromatic heterocycles. The summed E-state index contributed by atoms with van der Waals surface area (Å²) in [6.45, 7) is 4.44. The number of rotatable bonds is 7. The van der Waals surface area contributed by atoms with Crippen LogP contribution in [-0.4, -0.2) is 29.7 Å². The van der Waals surface area contributed by atoms with Crippen LogP contribution >= 0.6 is 0 Å². The summed E-state index contributed by atoms with van der Waals surface area (Å²) >= 11 is 0. The Labute approximate surface area is 102 Å². The molecule has 0 saturated heterocycles. The summed E-state index contributed by atoms with van der Waals surface area (Å²) in [7, 11) is 0. The van der Waals surface area contributed by atoms with Crippen molar-refractivity contribution in [3.63, 3.8) is 0 Å². The summed E-state index contributed by atoms with van der Waals surface area (Å²) in [5.41, 5.74) is 6.50. The number of nitrogens with zero attached hydrogens (tertiary/aromatic N) is 1. The molecule has 1 aromatic rings. The van der Waals surface area contributed by atoms with Crippen LogP contribution in [-0.2, 0) is 6.54 Å². The first-order valence-electron chi connectivity index (χ1n) is 6.04. The van der Waals surface area contributed by atoms with Gasteiger partial charge in [0.2, 0.25) is 0 Å². The molecule has 0 unspecified atom stereocenters. The van der Waals surface area contributed by atoms with Gasteiger partial charge in [0, 0.05) is 13.1 Å². The van der Waals surface area contributed by atoms with E-state index in [1.165, 1.54) is 6.07 Å². The monoisotopic (exact) mass is 240 g/mol. The predicted molar refractivity (Wildman–Crippen MR) is 68.1 cm³/mol. The lowest BCUT2D eigenvalue weighted by atomic mass is 10.1. The number of hydrogen-bond donors (Lipinski definition) is 2. The molecule has 0 radical (unpaired) electrons. The van der Waals surface area contributed by atoms with Crippen LogP contribution in [0.25, 0.3) is 0 Å². The minimum atomic E-state index is -0.373. The number of nitrogen functional groups attached to an aromatic ring is 1. The molecule has 4 heteroatoms. The number of benzene rings is 1. The molecule has 96 valence electrons. The number of aliphatic hydroxyl groups excluding tert-OH is 1. The lowest BCUT2D eigenvalue weighted by molar-refractivity contribution is 0.188. The Hall–Kier alpha value is -1.13. The molecule has 0 atom stereocenters. The smallest absolute Gasteiger partial charge is 0.146 e. The molecule has 0 aliphatic rings. The highest BCUT2D eigenvalue weighted by molar-refractivity contribution is 5.41. The second-order valence-corrected chi connectivity index (χ2v) is 4.21. The van der Waals surface area contributed by atoms with Gasteiger partial charge in [-0.25, -0.2) is 4.39 Å². The largest absolute Gasteiger partial charge is 0.396 e. The number of halogens is 1. The molecular formula is C13H21FN2O. The summed E-state index contributed by atoms with van der Waals surface area (Å²) in [4.78, 5) is 2.12. The van der Waals surface area contributed by atoms with Gasteiger partial charge in [0.25, 0.3) is 0 Å². The van der Waals surface area contributed by atoms with Gasteiger partial charge in [-0.3, -0.25) is 4.90 Å². The van der Waals surface area contributed by atoms with E-state index in [-0.39, 0.29) is 18.1 Å². The third-order valence-corrected chi connectivity index (χ3v) is 2.72. The molecular weight excluding hydrogens is 219 g/mol. The van der Waals surface area contributed by atoms with E-state index >= 15 is 0 Å². The van der Waals surface area contributed by atoms with Gasteiger partial charge in [-0.2, -0.15) is 0 Å². The maximum Gasteiger partial charge on any atom is 0.146 e. The van der Waals surface area contributed by atoms with Crippen molar-refractivity contribution in [2.24, 2.45) is 0 Å². The zero-order valence-electron chi connectivity index (χ0n) is 10.3. The van der Waals surface area contributed by atoms with Crippen molar-refractivity contribution >= 4 is 5.69 Å². The van der Waals surface area contributed by atoms with Crippen LogP contribution in [0, 0.1) is 5.82 Å². The van der Waals surface area contributed by atoms with E-state index in [0.29, 0.717) is 13.1 Å². The van der Waals surface area contributed by atoms with E-state index in [1.54, 1.807) is 6.07 Å². The van der Waals surface area contributed by atoms with E-state index in [1.807, 2.05) is 6.07 Å². The maximum atomic E-state index is 13.3. The third-order valence-electron chi connectivity index (χ3n) is 2.72. The molecule has 0 aliphatic carbocycles. The van der Waals surface area contributed by atoms with Crippen molar-refractivity contribution in [1.82, 2.24) is 4.90 Å². The fourth-order valence-corrected chi connectivity index (χ4v) is 1.72. The highest BCUT2D eigenvalue weighted by Gasteiger charge is 2.06. The Morgan fingerprint density at radius 2 is 2.12 bits per heavy atom. The highest BCUT2D eigenvalue weighted by atomic mass is 19.1. The van der Waals surface area contributed by atoms with Crippen LogP contribution in [0.1, 0.15) is 25.3 Å². The molecule has 0 heterocycles. The first kappa shape index (κ1) is 13.9. The van der Waals surface area contributed by atoms with Gasteiger partial charge in [-0.1, -0.05) is 19.4 Å². The molecule has 0 saturated carbocycles. The average molecular weight is 240 g/mol. The van der Waals surface area contributed by atoms with Crippen LogP contribution in [0.2, 0.25) is 0 Å². The second kappa shape index (κ2) is 7.25. The second-order valence-electron chi connectivity index (χ2n) is 4.21. The normalized spacial score (nSPS) is 11.1. The van der Waals surface area contributed by atoms with Gasteiger partial charge in [-0.15, -0.1) is 0 Å². The van der Waals surface area contributed by atoms with Crippen LogP contribution in [0.4, 0.5) is 10.1 Å². The number of nitrogens with two attached hydrogens (primary N) is 1. The molecule has 0 bridgehead atoms. The molecule has 0 fully saturated rings. The van der Waals surface area contributed by atoms with Gasteiger partial charge in [0.1, 0.15) is 5.82 Å². The van der Waals surface area contributed by atoms with Gasteiger partial charge >= 0.3 is 0 Å². The summed E-state index contributed by atoms with van der Waals surface area (Å²) in [6, 6.07) is 4.88. The van der Waals surface area contributed by atoms with E-state index in [4.69, 9.17) is 10.8 Å². The number of hydrogen-bond acceptors (Lipinski definition) is 3. The van der Waals surface area contributed by atoms with Gasteiger partial charge in [0.05, 0.1) is 12.3 Å². The standard InChI is InChI=1S/C13H21FN2O/c1-2-3-6-16(7-8-17)10-11-4-5-13(15)12(14)9-11/h4-5,9,17H,2-3,6-8,10,15H2,1H3. The number of anilines is 1. The first-order chi connectivity index (χ1) is 8.17. The Bertz CT molecular complexity index is 344. The van der Waals surface area contributed by atoms with Crippen molar-refractivity contribution < 1.29 is 9.50 Å². The van der Waals surface area contributed by atoms with Crippen LogP contribution < -0.4 is 5.73 Å². The SMILES string of the molecule is CCCCN(CCO)Cc1ccc(N)c(F)c1. The average Bonchev–Trinajstić information content (AvgIpc) is 2.31. The van der Waals surface area contributed by atoms with Crippen molar-refractivity contribution in [2.45, 2.75) is 26.3 Å². The summed E-state index contributed by atoms with van der Waals surface area (Å²) in [6.07, 6.45) is 2.19. The molecule has 3 nitrogen and oxygen atoms in total. The summed E-state index contributed by atoms with van der Waals surface area (Å²) < 4.78 is 13.3. The van der Waals surface area contributed by atoms with Crippen molar-refractivity contribution in [3.05, 3.63) is 29.6 Å². The Balaban J connectivity index is 2.61.